The van der Waals surface area contributed by atoms with E-state index in [0.717, 1.165) is 5.56 Å². The third kappa shape index (κ3) is 2.95. The van der Waals surface area contributed by atoms with Crippen molar-refractivity contribution in [1.82, 2.24) is 5.32 Å². The lowest BCUT2D eigenvalue weighted by molar-refractivity contribution is 0.0268. The SMILES string of the molecule is Oc1cccc(CNCC2(O)CCOC2)c1. The van der Waals surface area contributed by atoms with E-state index in [1.54, 1.807) is 18.2 Å². The molecule has 1 unspecified atom stereocenters. The van der Waals surface area contributed by atoms with Crippen LogP contribution in [0.4, 0.5) is 0 Å². The molecule has 0 aliphatic carbocycles. The average molecular weight is 223 g/mol. The molecular weight excluding hydrogens is 206 g/mol. The van der Waals surface area contributed by atoms with Crippen molar-refractivity contribution in [1.29, 1.82) is 0 Å². The number of phenolic OH excluding ortho intramolecular Hbond substituents is 1. The number of ether oxygens (including phenoxy) is 1. The quantitative estimate of drug-likeness (QED) is 0.700. The summed E-state index contributed by atoms with van der Waals surface area (Å²) >= 11 is 0. The van der Waals surface area contributed by atoms with Gasteiger partial charge in [-0.25, -0.2) is 0 Å². The van der Waals surface area contributed by atoms with Crippen LogP contribution in [-0.2, 0) is 11.3 Å². The molecule has 1 aromatic rings. The first kappa shape index (κ1) is 11.4. The van der Waals surface area contributed by atoms with Gasteiger partial charge in [0, 0.05) is 26.1 Å². The van der Waals surface area contributed by atoms with Gasteiger partial charge in [0.05, 0.1) is 6.61 Å². The molecule has 4 heteroatoms. The maximum Gasteiger partial charge on any atom is 0.115 e. The van der Waals surface area contributed by atoms with Crippen LogP contribution >= 0.6 is 0 Å². The van der Waals surface area contributed by atoms with Crippen molar-refractivity contribution >= 4 is 0 Å². The highest BCUT2D eigenvalue weighted by Gasteiger charge is 2.31. The van der Waals surface area contributed by atoms with Crippen LogP contribution in [0.2, 0.25) is 0 Å². The van der Waals surface area contributed by atoms with Gasteiger partial charge in [0.2, 0.25) is 0 Å². The largest absolute Gasteiger partial charge is 0.508 e. The Labute approximate surface area is 94.9 Å². The van der Waals surface area contributed by atoms with E-state index in [2.05, 4.69) is 5.32 Å². The Morgan fingerprint density at radius 1 is 1.44 bits per heavy atom. The first-order valence-corrected chi connectivity index (χ1v) is 5.47. The maximum absolute atomic E-state index is 9.99. The lowest BCUT2D eigenvalue weighted by Gasteiger charge is -2.20. The normalized spacial score (nSPS) is 24.8. The van der Waals surface area contributed by atoms with Gasteiger partial charge in [-0.1, -0.05) is 12.1 Å². The van der Waals surface area contributed by atoms with E-state index in [1.165, 1.54) is 0 Å². The van der Waals surface area contributed by atoms with E-state index in [4.69, 9.17) is 4.74 Å². The van der Waals surface area contributed by atoms with Gasteiger partial charge in [-0.3, -0.25) is 0 Å². The van der Waals surface area contributed by atoms with E-state index in [-0.39, 0.29) is 5.75 Å². The summed E-state index contributed by atoms with van der Waals surface area (Å²) < 4.78 is 5.15. The van der Waals surface area contributed by atoms with E-state index in [1.807, 2.05) is 6.07 Å². The van der Waals surface area contributed by atoms with Crippen molar-refractivity contribution in [3.63, 3.8) is 0 Å². The van der Waals surface area contributed by atoms with Crippen molar-refractivity contribution in [2.24, 2.45) is 0 Å². The summed E-state index contributed by atoms with van der Waals surface area (Å²) in [4.78, 5) is 0. The summed E-state index contributed by atoms with van der Waals surface area (Å²) in [6, 6.07) is 7.09. The molecule has 1 atom stereocenters. The van der Waals surface area contributed by atoms with Gasteiger partial charge in [0.25, 0.3) is 0 Å². The summed E-state index contributed by atoms with van der Waals surface area (Å²) in [7, 11) is 0. The molecule has 1 saturated heterocycles. The first-order chi connectivity index (χ1) is 7.68. The van der Waals surface area contributed by atoms with Crippen LogP contribution in [0.25, 0.3) is 0 Å². The fourth-order valence-corrected chi connectivity index (χ4v) is 1.84. The van der Waals surface area contributed by atoms with Crippen molar-refractivity contribution in [3.8, 4) is 5.75 Å². The summed E-state index contributed by atoms with van der Waals surface area (Å²) in [5.74, 6) is 0.266. The van der Waals surface area contributed by atoms with Crippen LogP contribution in [0.15, 0.2) is 24.3 Å². The molecular formula is C12H17NO3. The standard InChI is InChI=1S/C12H17NO3/c14-11-3-1-2-10(6-11)7-13-8-12(15)4-5-16-9-12/h1-3,6,13-15H,4-5,7-9H2. The second-order valence-corrected chi connectivity index (χ2v) is 4.30. The molecule has 88 valence electrons. The molecule has 0 spiro atoms. The number of hydrogen-bond donors (Lipinski definition) is 3. The highest BCUT2D eigenvalue weighted by atomic mass is 16.5. The lowest BCUT2D eigenvalue weighted by Crippen LogP contribution is -2.40. The zero-order valence-electron chi connectivity index (χ0n) is 9.15. The number of aliphatic hydroxyl groups is 1. The topological polar surface area (TPSA) is 61.7 Å². The molecule has 0 radical (unpaired) electrons. The number of phenols is 1. The van der Waals surface area contributed by atoms with Crippen molar-refractivity contribution in [2.75, 3.05) is 19.8 Å². The van der Waals surface area contributed by atoms with Crippen molar-refractivity contribution in [3.05, 3.63) is 29.8 Å². The van der Waals surface area contributed by atoms with Crippen LogP contribution in [0.5, 0.6) is 5.75 Å². The molecule has 0 saturated carbocycles. The maximum atomic E-state index is 9.99. The smallest absolute Gasteiger partial charge is 0.115 e. The number of rotatable bonds is 4. The Morgan fingerprint density at radius 2 is 2.31 bits per heavy atom. The van der Waals surface area contributed by atoms with Crippen LogP contribution in [0, 0.1) is 0 Å². The molecule has 1 aliphatic rings. The molecule has 3 N–H and O–H groups in total. The number of benzene rings is 1. The molecule has 2 rings (SSSR count). The lowest BCUT2D eigenvalue weighted by atomic mass is 10.0. The Kier molecular flexibility index (Phi) is 3.43. The zero-order chi connectivity index (χ0) is 11.4. The van der Waals surface area contributed by atoms with Crippen molar-refractivity contribution in [2.45, 2.75) is 18.6 Å². The number of aromatic hydroxyl groups is 1. The van der Waals surface area contributed by atoms with E-state index < -0.39 is 5.60 Å². The molecule has 0 amide bonds. The van der Waals surface area contributed by atoms with Crippen LogP contribution < -0.4 is 5.32 Å². The van der Waals surface area contributed by atoms with Gasteiger partial charge < -0.3 is 20.3 Å². The van der Waals surface area contributed by atoms with Gasteiger partial charge in [-0.2, -0.15) is 0 Å². The highest BCUT2D eigenvalue weighted by molar-refractivity contribution is 5.26. The second-order valence-electron chi connectivity index (χ2n) is 4.30. The van der Waals surface area contributed by atoms with E-state index >= 15 is 0 Å². The van der Waals surface area contributed by atoms with E-state index in [0.29, 0.717) is 32.7 Å². The van der Waals surface area contributed by atoms with Gasteiger partial charge in [-0.05, 0) is 17.7 Å². The average Bonchev–Trinajstić information content (AvgIpc) is 2.65. The molecule has 1 fully saturated rings. The van der Waals surface area contributed by atoms with Crippen LogP contribution in [0.3, 0.4) is 0 Å². The predicted octanol–water partition coefficient (Wildman–Crippen LogP) is 0.633. The van der Waals surface area contributed by atoms with E-state index in [9.17, 15) is 10.2 Å². The predicted molar refractivity (Wildman–Crippen MR) is 60.2 cm³/mol. The van der Waals surface area contributed by atoms with Gasteiger partial charge in [-0.15, -0.1) is 0 Å². The van der Waals surface area contributed by atoms with Crippen LogP contribution in [0.1, 0.15) is 12.0 Å². The molecule has 0 aromatic heterocycles. The van der Waals surface area contributed by atoms with Crippen LogP contribution in [-0.4, -0.2) is 35.6 Å². The Morgan fingerprint density at radius 3 is 3.00 bits per heavy atom. The summed E-state index contributed by atoms with van der Waals surface area (Å²) in [5, 5.41) is 22.4. The number of hydrogen-bond acceptors (Lipinski definition) is 4. The Bertz CT molecular complexity index is 348. The molecule has 1 heterocycles. The van der Waals surface area contributed by atoms with Gasteiger partial charge in [0.1, 0.15) is 11.4 Å². The van der Waals surface area contributed by atoms with Crippen molar-refractivity contribution < 1.29 is 14.9 Å². The number of nitrogens with one attached hydrogen (secondary N) is 1. The fourth-order valence-electron chi connectivity index (χ4n) is 1.84. The third-order valence-electron chi connectivity index (χ3n) is 2.78. The zero-order valence-corrected chi connectivity index (χ0v) is 9.15. The minimum atomic E-state index is -0.725. The fraction of sp³-hybridized carbons (Fsp3) is 0.500. The van der Waals surface area contributed by atoms with Gasteiger partial charge >= 0.3 is 0 Å². The summed E-state index contributed by atoms with van der Waals surface area (Å²) in [5.41, 5.74) is 0.277. The second kappa shape index (κ2) is 4.82. The Hall–Kier alpha value is -1.10. The summed E-state index contributed by atoms with van der Waals surface area (Å²) in [6.45, 7) is 2.18. The molecule has 4 nitrogen and oxygen atoms in total. The minimum absolute atomic E-state index is 0.266. The monoisotopic (exact) mass is 223 g/mol. The molecule has 16 heavy (non-hydrogen) atoms. The Balaban J connectivity index is 1.79. The molecule has 0 bridgehead atoms. The molecule has 1 aromatic carbocycles. The minimum Gasteiger partial charge on any atom is -0.508 e. The molecule has 1 aliphatic heterocycles. The first-order valence-electron chi connectivity index (χ1n) is 5.47. The summed E-state index contributed by atoms with van der Waals surface area (Å²) in [6.07, 6.45) is 0.681. The van der Waals surface area contributed by atoms with Gasteiger partial charge in [0.15, 0.2) is 0 Å². The third-order valence-corrected chi connectivity index (χ3v) is 2.78. The highest BCUT2D eigenvalue weighted by Crippen LogP contribution is 2.17.